The van der Waals surface area contributed by atoms with Gasteiger partial charge in [0, 0.05) is 18.7 Å². The van der Waals surface area contributed by atoms with Crippen LogP contribution in [0, 0.1) is 5.92 Å². The molecule has 0 aromatic heterocycles. The Balaban J connectivity index is 2.05. The molecule has 0 saturated carbocycles. The molecule has 1 saturated heterocycles. The topological polar surface area (TPSA) is 55.6 Å². The second-order valence-electron chi connectivity index (χ2n) is 4.72. The predicted molar refractivity (Wildman–Crippen MR) is 70.7 cm³/mol. The molecule has 2 rings (SSSR count). The Kier molecular flexibility index (Phi) is 4.20. The summed E-state index contributed by atoms with van der Waals surface area (Å²) in [4.78, 5) is 14.2. The first-order valence-electron chi connectivity index (χ1n) is 6.38. The summed E-state index contributed by atoms with van der Waals surface area (Å²) >= 11 is 0. The summed E-state index contributed by atoms with van der Waals surface area (Å²) in [6.45, 7) is 2.27. The largest absolute Gasteiger partial charge is 0.497 e. The number of ether oxygens (including phenoxy) is 1. The molecule has 4 heteroatoms. The number of nitrogens with two attached hydrogens (primary N) is 1. The van der Waals surface area contributed by atoms with E-state index in [1.54, 1.807) is 7.11 Å². The molecule has 18 heavy (non-hydrogen) atoms. The molecule has 1 unspecified atom stereocenters. The molecule has 1 fully saturated rings. The van der Waals surface area contributed by atoms with Gasteiger partial charge < -0.3 is 15.4 Å². The first-order valence-corrected chi connectivity index (χ1v) is 6.38. The normalized spacial score (nSPS) is 19.7. The summed E-state index contributed by atoms with van der Waals surface area (Å²) < 4.78 is 5.09. The summed E-state index contributed by atoms with van der Waals surface area (Å²) in [5.74, 6) is 1.31. The van der Waals surface area contributed by atoms with Crippen LogP contribution >= 0.6 is 0 Å². The maximum atomic E-state index is 12.3. The van der Waals surface area contributed by atoms with Crippen LogP contribution in [0.25, 0.3) is 0 Å². The van der Waals surface area contributed by atoms with Crippen molar-refractivity contribution in [2.75, 3.05) is 26.7 Å². The smallest absolute Gasteiger partial charge is 0.253 e. The molecule has 1 atom stereocenters. The fourth-order valence-corrected chi connectivity index (χ4v) is 2.36. The lowest BCUT2D eigenvalue weighted by atomic mass is 9.97. The van der Waals surface area contributed by atoms with Gasteiger partial charge >= 0.3 is 0 Å². The summed E-state index contributed by atoms with van der Waals surface area (Å²) in [7, 11) is 1.62. The number of methoxy groups -OCH3 is 1. The number of carbonyl (C=O) groups excluding carboxylic acids is 1. The Morgan fingerprint density at radius 2 is 2.17 bits per heavy atom. The molecule has 1 aromatic carbocycles. The Hall–Kier alpha value is -1.55. The van der Waals surface area contributed by atoms with Crippen LogP contribution in [0.3, 0.4) is 0 Å². The molecule has 0 radical (unpaired) electrons. The number of nitrogens with zero attached hydrogens (tertiary/aromatic N) is 1. The molecule has 98 valence electrons. The predicted octanol–water partition coefficient (Wildman–Crippen LogP) is 1.51. The van der Waals surface area contributed by atoms with Crippen LogP contribution in [-0.2, 0) is 0 Å². The summed E-state index contributed by atoms with van der Waals surface area (Å²) in [6.07, 6.45) is 2.17. The molecule has 1 amide bonds. The highest BCUT2D eigenvalue weighted by Gasteiger charge is 2.23. The minimum absolute atomic E-state index is 0.0933. The molecule has 2 N–H and O–H groups in total. The Morgan fingerprint density at radius 1 is 1.44 bits per heavy atom. The van der Waals surface area contributed by atoms with E-state index in [9.17, 15) is 4.79 Å². The third-order valence-electron chi connectivity index (χ3n) is 3.48. The van der Waals surface area contributed by atoms with Crippen molar-refractivity contribution in [3.8, 4) is 5.75 Å². The molecule has 4 nitrogen and oxygen atoms in total. The summed E-state index contributed by atoms with van der Waals surface area (Å²) in [5, 5.41) is 0. The quantitative estimate of drug-likeness (QED) is 0.882. The maximum absolute atomic E-state index is 12.3. The summed E-state index contributed by atoms with van der Waals surface area (Å²) in [6, 6.07) is 7.26. The second-order valence-corrected chi connectivity index (χ2v) is 4.72. The number of carbonyl (C=O) groups is 1. The Morgan fingerprint density at radius 3 is 2.78 bits per heavy atom. The van der Waals surface area contributed by atoms with Gasteiger partial charge in [-0.1, -0.05) is 0 Å². The number of benzene rings is 1. The van der Waals surface area contributed by atoms with Gasteiger partial charge in [-0.25, -0.2) is 0 Å². The van der Waals surface area contributed by atoms with Crippen LogP contribution in [-0.4, -0.2) is 37.6 Å². The highest BCUT2D eigenvalue weighted by Crippen LogP contribution is 2.19. The van der Waals surface area contributed by atoms with Gasteiger partial charge in [-0.3, -0.25) is 4.79 Å². The number of piperidine rings is 1. The van der Waals surface area contributed by atoms with Gasteiger partial charge in [0.1, 0.15) is 5.75 Å². The number of hydrogen-bond donors (Lipinski definition) is 1. The van der Waals surface area contributed by atoms with Crippen LogP contribution in [0.2, 0.25) is 0 Å². The van der Waals surface area contributed by atoms with Crippen LogP contribution in [0.15, 0.2) is 24.3 Å². The van der Waals surface area contributed by atoms with Crippen molar-refractivity contribution in [1.82, 2.24) is 4.90 Å². The molecule has 0 aliphatic carbocycles. The summed E-state index contributed by atoms with van der Waals surface area (Å²) in [5.41, 5.74) is 6.40. The molecule has 1 aliphatic heterocycles. The molecule has 1 heterocycles. The van der Waals surface area contributed by atoms with Gasteiger partial charge in [0.2, 0.25) is 0 Å². The monoisotopic (exact) mass is 248 g/mol. The maximum Gasteiger partial charge on any atom is 0.253 e. The van der Waals surface area contributed by atoms with E-state index >= 15 is 0 Å². The lowest BCUT2D eigenvalue weighted by Crippen LogP contribution is -2.42. The highest BCUT2D eigenvalue weighted by atomic mass is 16.5. The van der Waals surface area contributed by atoms with Crippen LogP contribution in [0.1, 0.15) is 23.2 Å². The zero-order valence-corrected chi connectivity index (χ0v) is 10.8. The molecule has 1 aliphatic rings. The average molecular weight is 248 g/mol. The van der Waals surface area contributed by atoms with E-state index in [0.717, 1.165) is 31.7 Å². The minimum atomic E-state index is 0.0933. The lowest BCUT2D eigenvalue weighted by molar-refractivity contribution is 0.0678. The van der Waals surface area contributed by atoms with E-state index < -0.39 is 0 Å². The van der Waals surface area contributed by atoms with Crippen molar-refractivity contribution in [3.63, 3.8) is 0 Å². The second kappa shape index (κ2) is 5.87. The van der Waals surface area contributed by atoms with Crippen molar-refractivity contribution < 1.29 is 9.53 Å². The average Bonchev–Trinajstić information content (AvgIpc) is 2.46. The van der Waals surface area contributed by atoms with Gasteiger partial charge in [0.25, 0.3) is 5.91 Å². The van der Waals surface area contributed by atoms with E-state index in [4.69, 9.17) is 10.5 Å². The third-order valence-corrected chi connectivity index (χ3v) is 3.48. The Labute approximate surface area is 108 Å². The van der Waals surface area contributed by atoms with Crippen molar-refractivity contribution in [2.45, 2.75) is 12.8 Å². The van der Waals surface area contributed by atoms with E-state index in [0.29, 0.717) is 18.0 Å². The van der Waals surface area contributed by atoms with Crippen molar-refractivity contribution in [1.29, 1.82) is 0 Å². The SMILES string of the molecule is COc1ccc(C(=O)N2CCCC(CN)C2)cc1. The molecule has 1 aromatic rings. The van der Waals surface area contributed by atoms with E-state index in [1.807, 2.05) is 29.2 Å². The lowest BCUT2D eigenvalue weighted by Gasteiger charge is -2.32. The number of hydrogen-bond acceptors (Lipinski definition) is 3. The van der Waals surface area contributed by atoms with Crippen LogP contribution < -0.4 is 10.5 Å². The zero-order chi connectivity index (χ0) is 13.0. The number of amides is 1. The zero-order valence-electron chi connectivity index (χ0n) is 10.8. The van der Waals surface area contributed by atoms with E-state index in [1.165, 1.54) is 0 Å². The first kappa shape index (κ1) is 12.9. The van der Waals surface area contributed by atoms with Crippen LogP contribution in [0.5, 0.6) is 5.75 Å². The van der Waals surface area contributed by atoms with E-state index in [-0.39, 0.29) is 5.91 Å². The van der Waals surface area contributed by atoms with Crippen molar-refractivity contribution in [3.05, 3.63) is 29.8 Å². The Bertz CT molecular complexity index is 403. The molecular weight excluding hydrogens is 228 g/mol. The van der Waals surface area contributed by atoms with Crippen molar-refractivity contribution in [2.24, 2.45) is 11.7 Å². The standard InChI is InChI=1S/C14H20N2O2/c1-18-13-6-4-12(5-7-13)14(17)16-8-2-3-11(9-15)10-16/h4-7,11H,2-3,8-10,15H2,1H3. The third kappa shape index (κ3) is 2.82. The molecule has 0 spiro atoms. The fraction of sp³-hybridized carbons (Fsp3) is 0.500. The fourth-order valence-electron chi connectivity index (χ4n) is 2.36. The van der Waals surface area contributed by atoms with Gasteiger partial charge in [-0.15, -0.1) is 0 Å². The minimum Gasteiger partial charge on any atom is -0.497 e. The molecule has 0 bridgehead atoms. The number of likely N-dealkylation sites (tertiary alicyclic amines) is 1. The van der Waals surface area contributed by atoms with Gasteiger partial charge in [-0.2, -0.15) is 0 Å². The van der Waals surface area contributed by atoms with Gasteiger partial charge in [0.05, 0.1) is 7.11 Å². The van der Waals surface area contributed by atoms with Gasteiger partial charge in [0.15, 0.2) is 0 Å². The molecular formula is C14H20N2O2. The highest BCUT2D eigenvalue weighted by molar-refractivity contribution is 5.94. The van der Waals surface area contributed by atoms with Crippen LogP contribution in [0.4, 0.5) is 0 Å². The van der Waals surface area contributed by atoms with Gasteiger partial charge in [-0.05, 0) is 49.6 Å². The van der Waals surface area contributed by atoms with Crippen molar-refractivity contribution >= 4 is 5.91 Å². The first-order chi connectivity index (χ1) is 8.74. The van der Waals surface area contributed by atoms with E-state index in [2.05, 4.69) is 0 Å². The number of rotatable bonds is 3.